The van der Waals surface area contributed by atoms with Crippen LogP contribution in [0.4, 0.5) is 0 Å². The van der Waals surface area contributed by atoms with E-state index in [2.05, 4.69) is 31.0 Å². The van der Waals surface area contributed by atoms with E-state index in [0.29, 0.717) is 29.9 Å². The maximum atomic E-state index is 12.8. The average Bonchev–Trinajstić information content (AvgIpc) is 3.31. The molecular formula is C35H53NO4. The minimum absolute atomic E-state index is 0.172. The van der Waals surface area contributed by atoms with Crippen molar-refractivity contribution < 1.29 is 19.4 Å². The van der Waals surface area contributed by atoms with Crippen molar-refractivity contribution in [2.45, 2.75) is 146 Å². The lowest BCUT2D eigenvalue weighted by Crippen LogP contribution is -2.64. The Labute approximate surface area is 242 Å². The Hall–Kier alpha value is -1.85. The number of likely N-dealkylation sites (tertiary alicyclic amines) is 1. The SMILES string of the molecule is CCCCCCCCCCCCCCCCCC(=O)Oc1ccc2c3c1O[C@H]1[C@@H](O)C=C[C@H]4[C@@H](C2)N(C)CC[C@@]341. The fourth-order valence-corrected chi connectivity index (χ4v) is 8.12. The summed E-state index contributed by atoms with van der Waals surface area (Å²) in [7, 11) is 2.21. The number of nitrogens with zero attached hydrogens (tertiary/aromatic N) is 1. The van der Waals surface area contributed by atoms with E-state index in [9.17, 15) is 9.90 Å². The molecule has 222 valence electrons. The van der Waals surface area contributed by atoms with Crippen molar-refractivity contribution in [3.63, 3.8) is 0 Å². The van der Waals surface area contributed by atoms with Crippen LogP contribution in [-0.2, 0) is 16.6 Å². The van der Waals surface area contributed by atoms with E-state index in [1.807, 2.05) is 12.1 Å². The first kappa shape index (κ1) is 29.6. The van der Waals surface area contributed by atoms with E-state index in [-0.39, 0.29) is 17.5 Å². The van der Waals surface area contributed by atoms with Gasteiger partial charge in [-0.25, -0.2) is 0 Å². The van der Waals surface area contributed by atoms with Crippen molar-refractivity contribution in [2.24, 2.45) is 5.92 Å². The van der Waals surface area contributed by atoms with Crippen LogP contribution in [0, 0.1) is 5.92 Å². The minimum atomic E-state index is -0.637. The molecule has 5 rings (SSSR count). The number of aliphatic hydroxyl groups excluding tert-OH is 1. The van der Waals surface area contributed by atoms with Gasteiger partial charge in [0.15, 0.2) is 11.5 Å². The molecule has 5 heteroatoms. The van der Waals surface area contributed by atoms with Crippen molar-refractivity contribution in [2.75, 3.05) is 13.6 Å². The summed E-state index contributed by atoms with van der Waals surface area (Å²) in [6.07, 6.45) is 25.2. The molecule has 2 bridgehead atoms. The van der Waals surface area contributed by atoms with Gasteiger partial charge in [-0.15, -0.1) is 0 Å². The first-order chi connectivity index (χ1) is 19.6. The van der Waals surface area contributed by atoms with E-state index < -0.39 is 6.10 Å². The zero-order valence-electron chi connectivity index (χ0n) is 25.2. The van der Waals surface area contributed by atoms with Crippen LogP contribution in [0.1, 0.15) is 127 Å². The molecule has 0 aromatic heterocycles. The topological polar surface area (TPSA) is 59.0 Å². The highest BCUT2D eigenvalue weighted by molar-refractivity contribution is 5.74. The number of unbranched alkanes of at least 4 members (excludes halogenated alkanes) is 14. The van der Waals surface area contributed by atoms with E-state index in [1.165, 1.54) is 94.6 Å². The third-order valence-electron chi connectivity index (χ3n) is 10.3. The Bertz CT molecular complexity index is 1020. The second-order valence-corrected chi connectivity index (χ2v) is 13.1. The van der Waals surface area contributed by atoms with Gasteiger partial charge in [0.05, 0.1) is 0 Å². The molecule has 1 aromatic rings. The summed E-state index contributed by atoms with van der Waals surface area (Å²) < 4.78 is 12.4. The molecule has 2 aliphatic heterocycles. The van der Waals surface area contributed by atoms with E-state index in [0.717, 1.165) is 32.2 Å². The van der Waals surface area contributed by atoms with Crippen molar-refractivity contribution >= 4 is 5.97 Å². The van der Waals surface area contributed by atoms with Crippen LogP contribution in [0.3, 0.4) is 0 Å². The van der Waals surface area contributed by atoms with Gasteiger partial charge in [-0.3, -0.25) is 4.79 Å². The number of esters is 1. The molecule has 5 nitrogen and oxygen atoms in total. The lowest BCUT2D eigenvalue weighted by atomic mass is 9.53. The highest BCUT2D eigenvalue weighted by Crippen LogP contribution is 2.62. The number of carbonyl (C=O) groups is 1. The third-order valence-corrected chi connectivity index (χ3v) is 10.3. The van der Waals surface area contributed by atoms with Gasteiger partial charge >= 0.3 is 5.97 Å². The monoisotopic (exact) mass is 551 g/mol. The third kappa shape index (κ3) is 6.16. The van der Waals surface area contributed by atoms with E-state index in [1.54, 1.807) is 0 Å². The number of ether oxygens (including phenoxy) is 2. The van der Waals surface area contributed by atoms with Gasteiger partial charge in [0.25, 0.3) is 0 Å². The number of hydrogen-bond acceptors (Lipinski definition) is 5. The lowest BCUT2D eigenvalue weighted by Gasteiger charge is -2.56. The number of carbonyl (C=O) groups excluding carboxylic acids is 1. The van der Waals surface area contributed by atoms with Crippen LogP contribution in [0.15, 0.2) is 24.3 Å². The molecule has 1 aromatic carbocycles. The van der Waals surface area contributed by atoms with Gasteiger partial charge in [-0.1, -0.05) is 115 Å². The first-order valence-electron chi connectivity index (χ1n) is 16.7. The summed E-state index contributed by atoms with van der Waals surface area (Å²) in [6, 6.07) is 4.47. The van der Waals surface area contributed by atoms with Crippen molar-refractivity contribution in [3.05, 3.63) is 35.4 Å². The van der Waals surface area contributed by atoms with Gasteiger partial charge < -0.3 is 19.5 Å². The zero-order valence-corrected chi connectivity index (χ0v) is 25.2. The van der Waals surface area contributed by atoms with Crippen LogP contribution in [0.25, 0.3) is 0 Å². The van der Waals surface area contributed by atoms with Crippen LogP contribution in [0.5, 0.6) is 11.5 Å². The lowest BCUT2D eigenvalue weighted by molar-refractivity contribution is -0.134. The summed E-state index contributed by atoms with van der Waals surface area (Å²) in [5.41, 5.74) is 2.27. The molecule has 40 heavy (non-hydrogen) atoms. The van der Waals surface area contributed by atoms with Crippen molar-refractivity contribution in [1.29, 1.82) is 0 Å². The van der Waals surface area contributed by atoms with Crippen molar-refractivity contribution in [3.8, 4) is 11.5 Å². The first-order valence-corrected chi connectivity index (χ1v) is 16.7. The summed E-state index contributed by atoms with van der Waals surface area (Å²) in [5.74, 6) is 1.40. The van der Waals surface area contributed by atoms with Gasteiger partial charge in [-0.05, 0) is 44.5 Å². The highest BCUT2D eigenvalue weighted by atomic mass is 16.6. The molecule has 2 heterocycles. The smallest absolute Gasteiger partial charge is 0.311 e. The number of likely N-dealkylation sites (N-methyl/N-ethyl adjacent to an activating group) is 1. The van der Waals surface area contributed by atoms with E-state index in [4.69, 9.17) is 9.47 Å². The molecule has 0 radical (unpaired) electrons. The summed E-state index contributed by atoms with van der Waals surface area (Å²) in [6.45, 7) is 3.27. The Morgan fingerprint density at radius 2 is 1.57 bits per heavy atom. The molecule has 1 fully saturated rings. The highest BCUT2D eigenvalue weighted by Gasteiger charge is 2.64. The van der Waals surface area contributed by atoms with Crippen LogP contribution < -0.4 is 9.47 Å². The molecule has 4 aliphatic rings. The Morgan fingerprint density at radius 3 is 2.23 bits per heavy atom. The van der Waals surface area contributed by atoms with Crippen LogP contribution >= 0.6 is 0 Å². The van der Waals surface area contributed by atoms with Gasteiger partial charge in [0, 0.05) is 29.4 Å². The molecule has 5 atom stereocenters. The fourth-order valence-electron chi connectivity index (χ4n) is 8.12. The Kier molecular flexibility index (Phi) is 10.3. The molecule has 2 aliphatic carbocycles. The second kappa shape index (κ2) is 13.9. The van der Waals surface area contributed by atoms with Gasteiger partial charge in [0.1, 0.15) is 12.2 Å². The Morgan fingerprint density at radius 1 is 0.950 bits per heavy atom. The molecule has 1 spiro atoms. The molecule has 1 saturated heterocycles. The average molecular weight is 552 g/mol. The number of rotatable bonds is 17. The summed E-state index contributed by atoms with van der Waals surface area (Å²) in [4.78, 5) is 15.3. The quantitative estimate of drug-likeness (QED) is 0.0932. The minimum Gasteiger partial charge on any atom is -0.482 e. The normalized spacial score (nSPS) is 27.9. The largest absolute Gasteiger partial charge is 0.482 e. The fraction of sp³-hybridized carbons (Fsp3) is 0.743. The number of piperidine rings is 1. The predicted molar refractivity (Wildman–Crippen MR) is 161 cm³/mol. The molecule has 0 saturated carbocycles. The predicted octanol–water partition coefficient (Wildman–Crippen LogP) is 7.66. The molecular weight excluding hydrogens is 498 g/mol. The molecule has 0 amide bonds. The summed E-state index contributed by atoms with van der Waals surface area (Å²) >= 11 is 0. The molecule has 0 unspecified atom stereocenters. The number of aliphatic hydroxyl groups is 1. The van der Waals surface area contributed by atoms with Gasteiger partial charge in [-0.2, -0.15) is 0 Å². The van der Waals surface area contributed by atoms with Crippen LogP contribution in [0.2, 0.25) is 0 Å². The summed E-state index contributed by atoms with van der Waals surface area (Å²) in [5, 5.41) is 10.9. The standard InChI is InChI=1S/C35H53NO4/c1-3-4-5-6-7-8-9-10-11-12-13-14-15-16-17-18-31(38)39-30-22-19-26-25-28-27-20-21-29(37)34-35(27,23-24-36(28)2)32(26)33(30)40-34/h19-22,27-29,34,37H,3-18,23-25H2,1-2H3/t27-,28+,29-,34-,35-/m0/s1. The van der Waals surface area contributed by atoms with Crippen LogP contribution in [-0.4, -0.2) is 47.8 Å². The number of benzene rings is 1. The second-order valence-electron chi connectivity index (χ2n) is 13.1. The Balaban J connectivity index is 1.02. The molecule has 1 N–H and O–H groups in total. The zero-order chi connectivity index (χ0) is 28.0. The maximum absolute atomic E-state index is 12.8. The maximum Gasteiger partial charge on any atom is 0.311 e. The van der Waals surface area contributed by atoms with Gasteiger partial charge in [0.2, 0.25) is 0 Å². The van der Waals surface area contributed by atoms with E-state index >= 15 is 0 Å². The number of hydrogen-bond donors (Lipinski definition) is 1. The van der Waals surface area contributed by atoms with Crippen molar-refractivity contribution in [1.82, 2.24) is 4.90 Å².